The van der Waals surface area contributed by atoms with Crippen molar-refractivity contribution in [1.29, 1.82) is 5.26 Å². The lowest BCUT2D eigenvalue weighted by atomic mass is 10.2. The highest BCUT2D eigenvalue weighted by molar-refractivity contribution is 7.99. The van der Waals surface area contributed by atoms with Crippen LogP contribution in [0.4, 0.5) is 8.78 Å². The average Bonchev–Trinajstić information content (AvgIpc) is 3.27. The maximum atomic E-state index is 13.5. The zero-order valence-corrected chi connectivity index (χ0v) is 15.8. The van der Waals surface area contributed by atoms with E-state index in [1.165, 1.54) is 11.3 Å². The number of aromatic nitrogens is 3. The summed E-state index contributed by atoms with van der Waals surface area (Å²) < 4.78 is 28.7. The van der Waals surface area contributed by atoms with Crippen molar-refractivity contribution in [3.05, 3.63) is 59.3 Å². The third-order valence-electron chi connectivity index (χ3n) is 4.00. The van der Waals surface area contributed by atoms with E-state index in [1.54, 1.807) is 24.3 Å². The zero-order valence-electron chi connectivity index (χ0n) is 14.2. The number of nitriles is 1. The largest absolute Gasteiger partial charge is 0.510 e. The van der Waals surface area contributed by atoms with E-state index in [4.69, 9.17) is 0 Å². The highest BCUT2D eigenvalue weighted by atomic mass is 32.2. The first kappa shape index (κ1) is 18.4. The second-order valence-electron chi connectivity index (χ2n) is 5.74. The van der Waals surface area contributed by atoms with Crippen molar-refractivity contribution >= 4 is 49.9 Å². The molecule has 0 fully saturated rings. The van der Waals surface area contributed by atoms with E-state index in [0.717, 1.165) is 26.5 Å². The van der Waals surface area contributed by atoms with Gasteiger partial charge < -0.3 is 5.11 Å². The van der Waals surface area contributed by atoms with Gasteiger partial charge in [0.25, 0.3) is 0 Å². The zero-order chi connectivity index (χ0) is 19.7. The van der Waals surface area contributed by atoms with Crippen LogP contribution in [0.3, 0.4) is 0 Å². The van der Waals surface area contributed by atoms with Gasteiger partial charge in [-0.1, -0.05) is 36.0 Å². The summed E-state index contributed by atoms with van der Waals surface area (Å²) in [5.41, 5.74) is 1.53. The number of fused-ring (bicyclic) bond motifs is 2. The molecule has 2 heterocycles. The van der Waals surface area contributed by atoms with Crippen molar-refractivity contribution < 1.29 is 13.9 Å². The van der Waals surface area contributed by atoms with Crippen LogP contribution in [0.1, 0.15) is 11.6 Å². The molecule has 140 valence electrons. The van der Waals surface area contributed by atoms with Crippen LogP contribution in [0.2, 0.25) is 0 Å². The van der Waals surface area contributed by atoms with E-state index >= 15 is 0 Å². The van der Waals surface area contributed by atoms with E-state index < -0.39 is 6.55 Å². The first-order chi connectivity index (χ1) is 13.6. The lowest BCUT2D eigenvalue weighted by Gasteiger charge is -2.07. The Hall–Kier alpha value is -2.96. The second kappa shape index (κ2) is 7.58. The summed E-state index contributed by atoms with van der Waals surface area (Å²) in [4.78, 5) is 8.58. The molecular formula is C19H12F2N4OS2. The fourth-order valence-corrected chi connectivity index (χ4v) is 4.61. The molecule has 9 heteroatoms. The van der Waals surface area contributed by atoms with Crippen molar-refractivity contribution in [2.24, 2.45) is 0 Å². The summed E-state index contributed by atoms with van der Waals surface area (Å²) >= 11 is 2.23. The Labute approximate surface area is 166 Å². The van der Waals surface area contributed by atoms with Gasteiger partial charge in [-0.15, -0.1) is 11.3 Å². The van der Waals surface area contributed by atoms with Crippen LogP contribution in [0, 0.1) is 11.3 Å². The van der Waals surface area contributed by atoms with Crippen LogP contribution in [-0.4, -0.2) is 25.4 Å². The number of thioether (sulfide) groups is 1. The number of alkyl halides is 2. The third kappa shape index (κ3) is 3.32. The topological polar surface area (TPSA) is 74.7 Å². The van der Waals surface area contributed by atoms with Crippen molar-refractivity contribution in [3.63, 3.8) is 0 Å². The van der Waals surface area contributed by atoms with Crippen LogP contribution in [0.15, 0.2) is 59.4 Å². The van der Waals surface area contributed by atoms with Crippen LogP contribution >= 0.6 is 23.1 Å². The van der Waals surface area contributed by atoms with Gasteiger partial charge in [0.1, 0.15) is 22.4 Å². The Morgan fingerprint density at radius 3 is 2.57 bits per heavy atom. The van der Waals surface area contributed by atoms with E-state index in [0.29, 0.717) is 16.0 Å². The first-order valence-electron chi connectivity index (χ1n) is 8.14. The molecule has 0 aliphatic heterocycles. The number of allylic oxidation sites excluding steroid dienone is 1. The summed E-state index contributed by atoms with van der Waals surface area (Å²) in [6.07, 6.45) is 0. The monoisotopic (exact) mass is 414 g/mol. The number of thiazole rings is 1. The first-order valence-corrected chi connectivity index (χ1v) is 9.94. The quantitative estimate of drug-likeness (QED) is 0.260. The fourth-order valence-electron chi connectivity index (χ4n) is 2.73. The molecule has 4 rings (SSSR count). The fraction of sp³-hybridized carbons (Fsp3) is 0.105. The van der Waals surface area contributed by atoms with E-state index in [2.05, 4.69) is 9.97 Å². The van der Waals surface area contributed by atoms with Gasteiger partial charge in [0.15, 0.2) is 5.16 Å². The van der Waals surface area contributed by atoms with Crippen LogP contribution in [0.25, 0.3) is 26.8 Å². The van der Waals surface area contributed by atoms with Gasteiger partial charge in [-0.25, -0.2) is 9.97 Å². The molecule has 0 radical (unpaired) electrons. The minimum Gasteiger partial charge on any atom is -0.510 e. The van der Waals surface area contributed by atoms with Gasteiger partial charge >= 0.3 is 6.55 Å². The number of halogens is 2. The minimum absolute atomic E-state index is 0.0356. The number of para-hydroxylation sites is 3. The lowest BCUT2D eigenvalue weighted by molar-refractivity contribution is 0.0656. The standard InChI is InChI=1S/C19H12F2N4OS2/c20-18(21)25-14-7-3-1-5-12(14)24-19(25)27-10-15(26)11(9-22)17-23-13-6-2-4-8-16(13)28-17/h1-8,18,26H,10H2/b15-11-. The Morgan fingerprint density at radius 2 is 1.86 bits per heavy atom. The number of imidazole rings is 1. The number of rotatable bonds is 5. The molecule has 0 saturated heterocycles. The molecule has 0 unspecified atom stereocenters. The number of benzene rings is 2. The van der Waals surface area contributed by atoms with Gasteiger partial charge in [0.2, 0.25) is 0 Å². The van der Waals surface area contributed by atoms with Gasteiger partial charge in [0.05, 0.1) is 27.0 Å². The summed E-state index contributed by atoms with van der Waals surface area (Å²) in [6, 6.07) is 16.0. The number of aliphatic hydroxyl groups excluding tert-OH is 1. The molecule has 28 heavy (non-hydrogen) atoms. The predicted octanol–water partition coefficient (Wildman–Crippen LogP) is 5.63. The molecule has 0 amide bonds. The Kier molecular flexibility index (Phi) is 4.98. The number of hydrogen-bond donors (Lipinski definition) is 1. The van der Waals surface area contributed by atoms with Crippen LogP contribution < -0.4 is 0 Å². The number of aliphatic hydroxyl groups is 1. The van der Waals surface area contributed by atoms with E-state index in [1.807, 2.05) is 30.3 Å². The van der Waals surface area contributed by atoms with Crippen LogP contribution in [-0.2, 0) is 0 Å². The normalized spacial score (nSPS) is 12.5. The summed E-state index contributed by atoms with van der Waals surface area (Å²) in [6.45, 7) is -2.76. The summed E-state index contributed by atoms with van der Waals surface area (Å²) in [5.74, 6) is -0.297. The summed E-state index contributed by atoms with van der Waals surface area (Å²) in [7, 11) is 0. The van der Waals surface area contributed by atoms with Gasteiger partial charge in [-0.3, -0.25) is 4.57 Å². The average molecular weight is 414 g/mol. The highest BCUT2D eigenvalue weighted by Gasteiger charge is 2.20. The SMILES string of the molecule is N#C/C(=C(/O)CSc1nc2ccccc2n1C(F)F)c1nc2ccccc2s1. The lowest BCUT2D eigenvalue weighted by Crippen LogP contribution is -2.01. The molecule has 0 aliphatic rings. The maximum absolute atomic E-state index is 13.5. The van der Waals surface area contributed by atoms with Gasteiger partial charge in [-0.05, 0) is 24.3 Å². The second-order valence-corrected chi connectivity index (χ2v) is 7.71. The van der Waals surface area contributed by atoms with Crippen molar-refractivity contribution in [2.75, 3.05) is 5.75 Å². The van der Waals surface area contributed by atoms with Gasteiger partial charge in [0, 0.05) is 0 Å². The molecule has 0 spiro atoms. The summed E-state index contributed by atoms with van der Waals surface area (Å²) in [5, 5.41) is 20.4. The third-order valence-corrected chi connectivity index (χ3v) is 6.02. The molecular weight excluding hydrogens is 402 g/mol. The Morgan fingerprint density at radius 1 is 1.14 bits per heavy atom. The Bertz CT molecular complexity index is 1210. The predicted molar refractivity (Wildman–Crippen MR) is 106 cm³/mol. The molecule has 0 aliphatic carbocycles. The van der Waals surface area contributed by atoms with Crippen molar-refractivity contribution in [3.8, 4) is 6.07 Å². The molecule has 0 atom stereocenters. The minimum atomic E-state index is -2.76. The molecule has 4 aromatic rings. The Balaban J connectivity index is 1.66. The molecule has 0 bridgehead atoms. The van der Waals surface area contributed by atoms with Crippen LogP contribution in [0.5, 0.6) is 0 Å². The van der Waals surface area contributed by atoms with Gasteiger partial charge in [-0.2, -0.15) is 14.0 Å². The molecule has 2 aromatic heterocycles. The van der Waals surface area contributed by atoms with Crippen molar-refractivity contribution in [1.82, 2.24) is 14.5 Å². The maximum Gasteiger partial charge on any atom is 0.321 e. The number of hydrogen-bond acceptors (Lipinski definition) is 6. The molecule has 0 saturated carbocycles. The smallest absolute Gasteiger partial charge is 0.321 e. The molecule has 5 nitrogen and oxygen atoms in total. The van der Waals surface area contributed by atoms with E-state index in [9.17, 15) is 19.1 Å². The number of nitrogens with zero attached hydrogens (tertiary/aromatic N) is 4. The molecule has 1 N–H and O–H groups in total. The molecule has 2 aromatic carbocycles. The van der Waals surface area contributed by atoms with Crippen molar-refractivity contribution in [2.45, 2.75) is 11.7 Å². The highest BCUT2D eigenvalue weighted by Crippen LogP contribution is 2.32. The van der Waals surface area contributed by atoms with E-state index in [-0.39, 0.29) is 22.2 Å².